The molecule has 2 aromatic heterocycles. The number of hydrogen-bond acceptors (Lipinski definition) is 8. The van der Waals surface area contributed by atoms with Crippen molar-refractivity contribution in [3.63, 3.8) is 0 Å². The maximum absolute atomic E-state index is 12.6. The van der Waals surface area contributed by atoms with Gasteiger partial charge in [0, 0.05) is 18.9 Å². The lowest BCUT2D eigenvalue weighted by Crippen LogP contribution is -2.39. The van der Waals surface area contributed by atoms with Gasteiger partial charge in [0.15, 0.2) is 35.1 Å². The number of carbonyl (C=O) groups is 2. The van der Waals surface area contributed by atoms with Crippen LogP contribution in [0, 0.1) is 0 Å². The van der Waals surface area contributed by atoms with Gasteiger partial charge in [-0.05, 0) is 25.7 Å². The van der Waals surface area contributed by atoms with E-state index in [2.05, 4.69) is 25.6 Å². The highest BCUT2D eigenvalue weighted by Gasteiger charge is 2.61. The Balaban J connectivity index is 1.25. The smallest absolute Gasteiger partial charge is 0.335 e. The van der Waals surface area contributed by atoms with Crippen LogP contribution in [0.15, 0.2) is 12.7 Å². The zero-order valence-corrected chi connectivity index (χ0v) is 19.4. The molecule has 0 bridgehead atoms. The van der Waals surface area contributed by atoms with Gasteiger partial charge >= 0.3 is 12.0 Å². The molecule has 2 saturated heterocycles. The predicted octanol–water partition coefficient (Wildman–Crippen LogP) is 2.71. The van der Waals surface area contributed by atoms with Gasteiger partial charge in [-0.2, -0.15) is 0 Å². The van der Waals surface area contributed by atoms with E-state index in [0.29, 0.717) is 11.2 Å². The number of urea groups is 1. The molecule has 1 spiro atoms. The zero-order chi connectivity index (χ0) is 24.0. The minimum atomic E-state index is -1.16. The molecule has 0 aromatic carbocycles. The van der Waals surface area contributed by atoms with Crippen LogP contribution in [0.3, 0.4) is 0 Å². The maximum Gasteiger partial charge on any atom is 0.335 e. The molecule has 2 aliphatic heterocycles. The molecule has 3 N–H and O–H groups in total. The summed E-state index contributed by atoms with van der Waals surface area (Å²) in [6, 6.07) is -0.177. The summed E-state index contributed by atoms with van der Waals surface area (Å²) < 4.78 is 20.2. The van der Waals surface area contributed by atoms with Crippen LogP contribution in [0.1, 0.15) is 70.4 Å². The van der Waals surface area contributed by atoms with Crippen LogP contribution in [0.25, 0.3) is 11.2 Å². The van der Waals surface area contributed by atoms with Crippen molar-refractivity contribution in [3.05, 3.63) is 12.7 Å². The van der Waals surface area contributed by atoms with Gasteiger partial charge in [-0.1, -0.05) is 25.7 Å². The van der Waals surface area contributed by atoms with Gasteiger partial charge in [0.25, 0.3) is 0 Å². The maximum atomic E-state index is 12.6. The van der Waals surface area contributed by atoms with Crippen LogP contribution >= 0.6 is 0 Å². The number of nitrogens with zero attached hydrogens (tertiary/aromatic N) is 4. The van der Waals surface area contributed by atoms with E-state index in [1.807, 2.05) is 0 Å². The Morgan fingerprint density at radius 3 is 2.51 bits per heavy atom. The lowest BCUT2D eigenvalue weighted by molar-refractivity contribution is -0.231. The molecule has 2 aromatic rings. The Labute approximate surface area is 201 Å². The van der Waals surface area contributed by atoms with E-state index in [1.165, 1.54) is 19.1 Å². The van der Waals surface area contributed by atoms with Crippen molar-refractivity contribution in [2.24, 2.45) is 0 Å². The number of aromatic nitrogens is 4. The average Bonchev–Trinajstić information content (AvgIpc) is 3.52. The monoisotopic (exact) mass is 486 g/mol. The molecule has 35 heavy (non-hydrogen) atoms. The first kappa shape index (κ1) is 22.6. The van der Waals surface area contributed by atoms with Crippen molar-refractivity contribution in [2.75, 3.05) is 5.32 Å². The Kier molecular flexibility index (Phi) is 5.81. The summed E-state index contributed by atoms with van der Waals surface area (Å²) in [5.74, 6) is -1.59. The van der Waals surface area contributed by atoms with Crippen LogP contribution in [0.4, 0.5) is 10.6 Å². The summed E-state index contributed by atoms with van der Waals surface area (Å²) in [6.45, 7) is 0. The van der Waals surface area contributed by atoms with E-state index in [0.717, 1.165) is 57.8 Å². The van der Waals surface area contributed by atoms with Crippen molar-refractivity contribution in [3.8, 4) is 0 Å². The Hall–Kier alpha value is -2.83. The molecule has 12 nitrogen and oxygen atoms in total. The molecule has 6 rings (SSSR count). The van der Waals surface area contributed by atoms with Crippen molar-refractivity contribution in [1.82, 2.24) is 24.8 Å². The highest BCUT2D eigenvalue weighted by molar-refractivity contribution is 5.96. The third-order valence-corrected chi connectivity index (χ3v) is 7.55. The number of aliphatic carboxylic acids is 1. The van der Waals surface area contributed by atoms with E-state index in [-0.39, 0.29) is 17.9 Å². The quantitative estimate of drug-likeness (QED) is 0.593. The molecule has 1 unspecified atom stereocenters. The summed E-state index contributed by atoms with van der Waals surface area (Å²) in [7, 11) is 0. The van der Waals surface area contributed by atoms with Gasteiger partial charge in [0.1, 0.15) is 18.5 Å². The summed E-state index contributed by atoms with van der Waals surface area (Å²) in [5.41, 5.74) is 0.799. The highest BCUT2D eigenvalue weighted by Crippen LogP contribution is 2.49. The first-order valence-corrected chi connectivity index (χ1v) is 12.5. The second-order valence-corrected chi connectivity index (χ2v) is 9.90. The number of imidazole rings is 1. The summed E-state index contributed by atoms with van der Waals surface area (Å²) in [4.78, 5) is 37.5. The molecule has 0 radical (unpaired) electrons. The van der Waals surface area contributed by atoms with E-state index >= 15 is 0 Å². The first-order chi connectivity index (χ1) is 17.0. The Morgan fingerprint density at radius 1 is 1.00 bits per heavy atom. The van der Waals surface area contributed by atoms with Crippen LogP contribution in [0.5, 0.6) is 0 Å². The lowest BCUT2D eigenvalue weighted by atomic mass is 9.94. The van der Waals surface area contributed by atoms with E-state index in [9.17, 15) is 14.7 Å². The average molecular weight is 487 g/mol. The minimum Gasteiger partial charge on any atom is -0.479 e. The summed E-state index contributed by atoms with van der Waals surface area (Å²) >= 11 is 0. The van der Waals surface area contributed by atoms with Crippen LogP contribution < -0.4 is 10.6 Å². The molecule has 2 aliphatic carbocycles. The van der Waals surface area contributed by atoms with Crippen molar-refractivity contribution < 1.29 is 28.9 Å². The van der Waals surface area contributed by atoms with E-state index in [4.69, 9.17) is 14.2 Å². The molecule has 4 fully saturated rings. The van der Waals surface area contributed by atoms with Gasteiger partial charge in [-0.3, -0.25) is 9.88 Å². The second kappa shape index (κ2) is 8.99. The van der Waals surface area contributed by atoms with Gasteiger partial charge < -0.3 is 24.6 Å². The predicted molar refractivity (Wildman–Crippen MR) is 121 cm³/mol. The first-order valence-electron chi connectivity index (χ1n) is 12.5. The van der Waals surface area contributed by atoms with Crippen molar-refractivity contribution in [1.29, 1.82) is 0 Å². The molecule has 4 aliphatic rings. The number of anilines is 1. The van der Waals surface area contributed by atoms with Gasteiger partial charge in [-0.15, -0.1) is 0 Å². The largest absolute Gasteiger partial charge is 0.479 e. The molecular formula is C23H30N6O6. The zero-order valence-electron chi connectivity index (χ0n) is 19.4. The SMILES string of the molecule is O=C(Nc1ncnc2c1ncn2[C@@H]1O[C@H](C(=O)O)[C@@H]2OC3(CCCCC3)OC21)NC1CCCCC1. The number of rotatable bonds is 4. The normalized spacial score (nSPS) is 30.4. The molecule has 188 valence electrons. The number of amides is 2. The lowest BCUT2D eigenvalue weighted by Gasteiger charge is -2.33. The molecular weight excluding hydrogens is 456 g/mol. The molecule has 4 atom stereocenters. The standard InChI is InChI=1S/C23H30N6O6/c30-21(31)17-15-16(35-23(34-15)9-5-2-6-10-23)20(33-17)29-12-26-14-18(24-11-25-19(14)29)28-22(32)27-13-7-3-1-4-8-13/h11-13,15-17,20H,1-10H2,(H,30,31)(H2,24,25,27,28,32)/t15-,16?,17+,20-/m1/s1. The van der Waals surface area contributed by atoms with Crippen LogP contribution in [-0.4, -0.2) is 66.8 Å². The van der Waals surface area contributed by atoms with Crippen molar-refractivity contribution >= 4 is 29.0 Å². The van der Waals surface area contributed by atoms with Gasteiger partial charge in [0.05, 0.1) is 6.33 Å². The number of hydrogen-bond donors (Lipinski definition) is 3. The Morgan fingerprint density at radius 2 is 1.74 bits per heavy atom. The number of nitrogens with one attached hydrogen (secondary N) is 2. The fraction of sp³-hybridized carbons (Fsp3) is 0.696. The Bertz CT molecular complexity index is 1110. The fourth-order valence-electron chi connectivity index (χ4n) is 5.87. The third kappa shape index (κ3) is 4.13. The topological polar surface area (TPSA) is 150 Å². The number of carbonyl (C=O) groups excluding carboxylic acids is 1. The molecule has 4 heterocycles. The van der Waals surface area contributed by atoms with E-state index < -0.39 is 36.3 Å². The summed E-state index contributed by atoms with van der Waals surface area (Å²) in [6.07, 6.45) is 9.45. The number of carboxylic acids is 1. The van der Waals surface area contributed by atoms with Gasteiger partial charge in [-0.25, -0.2) is 24.5 Å². The summed E-state index contributed by atoms with van der Waals surface area (Å²) in [5, 5.41) is 15.6. The highest BCUT2D eigenvalue weighted by atomic mass is 16.8. The van der Waals surface area contributed by atoms with Crippen molar-refractivity contribution in [2.45, 2.75) is 101 Å². The minimum absolute atomic E-state index is 0.155. The second-order valence-electron chi connectivity index (χ2n) is 9.90. The van der Waals surface area contributed by atoms with Crippen LogP contribution in [-0.2, 0) is 19.0 Å². The van der Waals surface area contributed by atoms with Gasteiger partial charge in [0.2, 0.25) is 0 Å². The van der Waals surface area contributed by atoms with E-state index in [1.54, 1.807) is 4.57 Å². The number of ether oxygens (including phenoxy) is 3. The van der Waals surface area contributed by atoms with Crippen LogP contribution in [0.2, 0.25) is 0 Å². The molecule has 12 heteroatoms. The molecule has 2 amide bonds. The fourth-order valence-corrected chi connectivity index (χ4v) is 5.87. The number of carboxylic acid groups (broad SMARTS) is 1. The molecule has 2 saturated carbocycles. The number of fused-ring (bicyclic) bond motifs is 2. The third-order valence-electron chi connectivity index (χ3n) is 7.55.